The third kappa shape index (κ3) is 10.2. The maximum absolute atomic E-state index is 13.1. The topological polar surface area (TPSA) is 234 Å². The third-order valence-electron chi connectivity index (χ3n) is 4.94. The van der Waals surface area contributed by atoms with Crippen LogP contribution in [-0.4, -0.2) is 80.9 Å². The molecule has 194 valence electrons. The second kappa shape index (κ2) is 14.1. The number of aromatic hydroxyl groups is 1. The number of thiol groups is 1. The minimum absolute atomic E-state index is 0.0183. The molecule has 0 aromatic heterocycles. The van der Waals surface area contributed by atoms with Crippen molar-refractivity contribution in [2.75, 3.05) is 5.75 Å². The minimum atomic E-state index is -1.36. The van der Waals surface area contributed by atoms with Crippen molar-refractivity contribution in [3.05, 3.63) is 29.8 Å². The van der Waals surface area contributed by atoms with Gasteiger partial charge in [-0.2, -0.15) is 12.6 Å². The first-order valence-corrected chi connectivity index (χ1v) is 11.2. The summed E-state index contributed by atoms with van der Waals surface area (Å²) in [7, 11) is 0. The molecule has 0 saturated heterocycles. The van der Waals surface area contributed by atoms with Gasteiger partial charge in [0, 0.05) is 18.6 Å². The molecule has 5 unspecified atom stereocenters. The standard InChI is InChI=1S/C21H31N5O8S/c1-10(27)17(23)20(32)25-14(8-11-2-4-12(28)5-3-11)19(31)24-13(6-7-16(22)29)18(30)26-15(9-35)21(33)34/h2-5,10,13-15,17,27-28,35H,6-9,23H2,1H3,(H2,22,29)(H,24,31)(H,25,32)(H,26,30)(H,33,34). The van der Waals surface area contributed by atoms with Gasteiger partial charge in [0.1, 0.15) is 29.9 Å². The Balaban J connectivity index is 3.14. The number of aliphatic carboxylic acids is 1. The fourth-order valence-electron chi connectivity index (χ4n) is 2.85. The van der Waals surface area contributed by atoms with Gasteiger partial charge in [-0.3, -0.25) is 19.2 Å². The molecule has 0 aliphatic rings. The Kier molecular flexibility index (Phi) is 12.0. The highest BCUT2D eigenvalue weighted by molar-refractivity contribution is 7.80. The number of primary amides is 1. The Labute approximate surface area is 207 Å². The zero-order valence-corrected chi connectivity index (χ0v) is 19.9. The highest BCUT2D eigenvalue weighted by Crippen LogP contribution is 2.12. The lowest BCUT2D eigenvalue weighted by atomic mass is 10.0. The smallest absolute Gasteiger partial charge is 0.327 e. The monoisotopic (exact) mass is 513 g/mol. The van der Waals surface area contributed by atoms with Gasteiger partial charge in [-0.05, 0) is 31.0 Å². The number of hydrogen-bond acceptors (Lipinski definition) is 9. The second-order valence-electron chi connectivity index (χ2n) is 7.85. The van der Waals surface area contributed by atoms with E-state index in [1.807, 2.05) is 0 Å². The van der Waals surface area contributed by atoms with Crippen LogP contribution in [0.15, 0.2) is 24.3 Å². The Morgan fingerprint density at radius 3 is 1.94 bits per heavy atom. The lowest BCUT2D eigenvalue weighted by Gasteiger charge is -2.25. The summed E-state index contributed by atoms with van der Waals surface area (Å²) in [5.41, 5.74) is 11.3. The van der Waals surface area contributed by atoms with E-state index in [-0.39, 0.29) is 30.8 Å². The van der Waals surface area contributed by atoms with Crippen molar-refractivity contribution in [1.29, 1.82) is 0 Å². The molecule has 35 heavy (non-hydrogen) atoms. The summed E-state index contributed by atoms with van der Waals surface area (Å²) < 4.78 is 0. The van der Waals surface area contributed by atoms with Gasteiger partial charge < -0.3 is 42.7 Å². The molecule has 0 bridgehead atoms. The molecule has 0 aliphatic heterocycles. The van der Waals surface area contributed by atoms with Crippen molar-refractivity contribution in [1.82, 2.24) is 16.0 Å². The lowest BCUT2D eigenvalue weighted by molar-refractivity contribution is -0.141. The predicted octanol–water partition coefficient (Wildman–Crippen LogP) is -2.62. The number of carbonyl (C=O) groups is 5. The van der Waals surface area contributed by atoms with Crippen molar-refractivity contribution < 1.29 is 39.3 Å². The normalized spacial score (nSPS) is 15.1. The van der Waals surface area contributed by atoms with Crippen LogP contribution in [0.3, 0.4) is 0 Å². The Bertz CT molecular complexity index is 911. The van der Waals surface area contributed by atoms with E-state index in [2.05, 4.69) is 28.6 Å². The number of phenolic OH excluding ortho intramolecular Hbond substituents is 1. The number of hydrogen-bond donors (Lipinski definition) is 9. The fraction of sp³-hybridized carbons (Fsp3) is 0.476. The van der Waals surface area contributed by atoms with Crippen molar-refractivity contribution in [2.45, 2.75) is 56.5 Å². The third-order valence-corrected chi connectivity index (χ3v) is 5.31. The van der Waals surface area contributed by atoms with Gasteiger partial charge >= 0.3 is 5.97 Å². The van der Waals surface area contributed by atoms with E-state index in [0.717, 1.165) is 0 Å². The molecule has 0 saturated carbocycles. The van der Waals surface area contributed by atoms with E-state index in [1.165, 1.54) is 31.2 Å². The molecule has 1 aromatic carbocycles. The van der Waals surface area contributed by atoms with Crippen LogP contribution in [0.5, 0.6) is 5.75 Å². The Hall–Kier alpha value is -3.36. The number of carbonyl (C=O) groups excluding carboxylic acids is 4. The number of amides is 4. The van der Waals surface area contributed by atoms with Gasteiger partial charge in [0.2, 0.25) is 23.6 Å². The number of carboxylic acids is 1. The molecule has 13 nitrogen and oxygen atoms in total. The summed E-state index contributed by atoms with van der Waals surface area (Å²) in [4.78, 5) is 60.6. The molecule has 0 fully saturated rings. The first kappa shape index (κ1) is 29.7. The molecule has 14 heteroatoms. The summed E-state index contributed by atoms with van der Waals surface area (Å²) in [5, 5.41) is 35.2. The van der Waals surface area contributed by atoms with Crippen LogP contribution >= 0.6 is 12.6 Å². The van der Waals surface area contributed by atoms with Crippen molar-refractivity contribution >= 4 is 42.2 Å². The van der Waals surface area contributed by atoms with Gasteiger partial charge in [0.05, 0.1) is 6.10 Å². The number of phenols is 1. The highest BCUT2D eigenvalue weighted by Gasteiger charge is 2.31. The van der Waals surface area contributed by atoms with Gasteiger partial charge in [0.25, 0.3) is 0 Å². The zero-order valence-electron chi connectivity index (χ0n) is 19.0. The van der Waals surface area contributed by atoms with E-state index < -0.39 is 59.9 Å². The lowest BCUT2D eigenvalue weighted by Crippen LogP contribution is -2.58. The molecule has 5 atom stereocenters. The Morgan fingerprint density at radius 1 is 0.943 bits per heavy atom. The average molecular weight is 514 g/mol. The van der Waals surface area contributed by atoms with Gasteiger partial charge in [-0.25, -0.2) is 4.79 Å². The molecule has 1 rings (SSSR count). The number of aliphatic hydroxyl groups excluding tert-OH is 1. The zero-order chi connectivity index (χ0) is 26.7. The molecular formula is C21H31N5O8S. The summed E-state index contributed by atoms with van der Waals surface area (Å²) in [5.74, 6) is -4.92. The molecular weight excluding hydrogens is 482 g/mol. The number of nitrogens with one attached hydrogen (secondary N) is 3. The van der Waals surface area contributed by atoms with Crippen LogP contribution in [0.2, 0.25) is 0 Å². The first-order chi connectivity index (χ1) is 16.3. The molecule has 1 aromatic rings. The van der Waals surface area contributed by atoms with Crippen LogP contribution in [0.25, 0.3) is 0 Å². The molecule has 0 aliphatic carbocycles. The Morgan fingerprint density at radius 2 is 1.46 bits per heavy atom. The summed E-state index contributed by atoms with van der Waals surface area (Å²) >= 11 is 3.87. The summed E-state index contributed by atoms with van der Waals surface area (Å²) in [6.07, 6.45) is -1.82. The summed E-state index contributed by atoms with van der Waals surface area (Å²) in [6, 6.07) is 0.444. The quantitative estimate of drug-likeness (QED) is 0.118. The first-order valence-electron chi connectivity index (χ1n) is 10.6. The van der Waals surface area contributed by atoms with E-state index in [0.29, 0.717) is 5.56 Å². The van der Waals surface area contributed by atoms with Crippen molar-refractivity contribution in [3.8, 4) is 5.75 Å². The number of aliphatic hydroxyl groups is 1. The maximum atomic E-state index is 13.1. The van der Waals surface area contributed by atoms with Crippen LogP contribution in [0.4, 0.5) is 0 Å². The maximum Gasteiger partial charge on any atom is 0.327 e. The van der Waals surface area contributed by atoms with Crippen molar-refractivity contribution in [3.63, 3.8) is 0 Å². The number of benzene rings is 1. The summed E-state index contributed by atoms with van der Waals surface area (Å²) in [6.45, 7) is 1.30. The molecule has 0 spiro atoms. The van der Waals surface area contributed by atoms with E-state index in [4.69, 9.17) is 16.6 Å². The van der Waals surface area contributed by atoms with E-state index in [9.17, 15) is 34.2 Å². The van der Waals surface area contributed by atoms with Crippen LogP contribution in [0.1, 0.15) is 25.3 Å². The number of rotatable bonds is 14. The highest BCUT2D eigenvalue weighted by atomic mass is 32.1. The molecule has 4 amide bonds. The molecule has 0 radical (unpaired) electrons. The number of nitrogens with two attached hydrogens (primary N) is 2. The minimum Gasteiger partial charge on any atom is -0.508 e. The van der Waals surface area contributed by atoms with Crippen LogP contribution in [-0.2, 0) is 30.4 Å². The number of carboxylic acid groups (broad SMARTS) is 1. The SMILES string of the molecule is CC(O)C(N)C(=O)NC(Cc1ccc(O)cc1)C(=O)NC(CCC(N)=O)C(=O)NC(CS)C(=O)O. The fourth-order valence-corrected chi connectivity index (χ4v) is 3.10. The van der Waals surface area contributed by atoms with Crippen LogP contribution in [0, 0.1) is 0 Å². The van der Waals surface area contributed by atoms with Gasteiger partial charge in [0.15, 0.2) is 0 Å². The predicted molar refractivity (Wildman–Crippen MR) is 127 cm³/mol. The molecule has 0 heterocycles. The van der Waals surface area contributed by atoms with Crippen LogP contribution < -0.4 is 27.4 Å². The van der Waals surface area contributed by atoms with E-state index in [1.54, 1.807) is 0 Å². The average Bonchev–Trinajstić information content (AvgIpc) is 2.79. The van der Waals surface area contributed by atoms with Crippen molar-refractivity contribution in [2.24, 2.45) is 11.5 Å². The van der Waals surface area contributed by atoms with Gasteiger partial charge in [-0.1, -0.05) is 12.1 Å². The van der Waals surface area contributed by atoms with Gasteiger partial charge in [-0.15, -0.1) is 0 Å². The van der Waals surface area contributed by atoms with E-state index >= 15 is 0 Å². The molecule has 10 N–H and O–H groups in total. The largest absolute Gasteiger partial charge is 0.508 e. The second-order valence-corrected chi connectivity index (χ2v) is 8.21.